The van der Waals surface area contributed by atoms with Crippen LogP contribution in [-0.2, 0) is 9.47 Å². The predicted molar refractivity (Wildman–Crippen MR) is 47.2 cm³/mol. The minimum atomic E-state index is -0.799. The molecule has 1 heterocycles. The van der Waals surface area contributed by atoms with Crippen LogP contribution in [0.4, 0.5) is 0 Å². The molecule has 0 amide bonds. The van der Waals surface area contributed by atoms with Gasteiger partial charge in [0.05, 0.1) is 18.3 Å². The van der Waals surface area contributed by atoms with Gasteiger partial charge in [0, 0.05) is 6.42 Å². The zero-order valence-electron chi connectivity index (χ0n) is 8.30. The predicted octanol–water partition coefficient (Wildman–Crippen LogP) is 0.268. The molecule has 1 rings (SSSR count). The van der Waals surface area contributed by atoms with Gasteiger partial charge < -0.3 is 19.7 Å². The Morgan fingerprint density at radius 3 is 2.46 bits per heavy atom. The third-order valence-electron chi connectivity index (χ3n) is 2.10. The topological polar surface area (TPSA) is 58.9 Å². The number of aliphatic hydroxyl groups is 2. The van der Waals surface area contributed by atoms with Crippen molar-refractivity contribution in [1.82, 2.24) is 0 Å². The Labute approximate surface area is 78.5 Å². The molecule has 13 heavy (non-hydrogen) atoms. The van der Waals surface area contributed by atoms with Crippen LogP contribution in [0.3, 0.4) is 0 Å². The van der Waals surface area contributed by atoms with E-state index in [1.807, 2.05) is 13.8 Å². The van der Waals surface area contributed by atoms with Gasteiger partial charge in [-0.15, -0.1) is 0 Å². The van der Waals surface area contributed by atoms with E-state index in [4.69, 9.17) is 9.47 Å². The number of rotatable bonds is 2. The normalized spacial score (nSPS) is 41.1. The van der Waals surface area contributed by atoms with Gasteiger partial charge in [0.2, 0.25) is 0 Å². The fourth-order valence-electron chi connectivity index (χ4n) is 1.42. The third kappa shape index (κ3) is 2.91. The van der Waals surface area contributed by atoms with E-state index in [1.54, 1.807) is 6.92 Å². The Hall–Kier alpha value is -0.160. The molecule has 0 radical (unpaired) electrons. The summed E-state index contributed by atoms with van der Waals surface area (Å²) in [6, 6.07) is 0. The number of aliphatic hydroxyl groups excluding tert-OH is 2. The van der Waals surface area contributed by atoms with E-state index in [1.165, 1.54) is 0 Å². The van der Waals surface area contributed by atoms with Crippen molar-refractivity contribution in [2.75, 3.05) is 0 Å². The lowest BCUT2D eigenvalue weighted by Gasteiger charge is -2.35. The Kier molecular flexibility index (Phi) is 3.67. The maximum absolute atomic E-state index is 9.42. The first-order chi connectivity index (χ1) is 6.00. The highest BCUT2D eigenvalue weighted by atomic mass is 16.7. The molecule has 4 atom stereocenters. The quantitative estimate of drug-likeness (QED) is 0.656. The van der Waals surface area contributed by atoms with Gasteiger partial charge in [-0.25, -0.2) is 0 Å². The van der Waals surface area contributed by atoms with Crippen LogP contribution >= 0.6 is 0 Å². The molecule has 2 N–H and O–H groups in total. The maximum atomic E-state index is 9.42. The second kappa shape index (κ2) is 4.37. The SMILES string of the molecule is CC(C)O[C@H]1C[C@H](O)[C@H](O)[C@@H](C)O1. The lowest BCUT2D eigenvalue weighted by molar-refractivity contribution is -0.255. The van der Waals surface area contributed by atoms with E-state index in [-0.39, 0.29) is 12.2 Å². The maximum Gasteiger partial charge on any atom is 0.160 e. The molecule has 4 nitrogen and oxygen atoms in total. The monoisotopic (exact) mass is 190 g/mol. The Bertz CT molecular complexity index is 148. The molecule has 1 aliphatic rings. The Morgan fingerprint density at radius 1 is 1.38 bits per heavy atom. The number of hydrogen-bond donors (Lipinski definition) is 2. The van der Waals surface area contributed by atoms with Gasteiger partial charge in [-0.05, 0) is 20.8 Å². The fourth-order valence-corrected chi connectivity index (χ4v) is 1.42. The molecular formula is C9H18O4. The smallest absolute Gasteiger partial charge is 0.160 e. The summed E-state index contributed by atoms with van der Waals surface area (Å²) in [5, 5.41) is 18.8. The highest BCUT2D eigenvalue weighted by Crippen LogP contribution is 2.21. The first-order valence-corrected chi connectivity index (χ1v) is 4.67. The average molecular weight is 190 g/mol. The third-order valence-corrected chi connectivity index (χ3v) is 2.10. The second-order valence-electron chi connectivity index (χ2n) is 3.75. The summed E-state index contributed by atoms with van der Waals surface area (Å²) in [7, 11) is 0. The number of hydrogen-bond acceptors (Lipinski definition) is 4. The second-order valence-corrected chi connectivity index (χ2v) is 3.75. The molecule has 0 saturated carbocycles. The van der Waals surface area contributed by atoms with Crippen LogP contribution in [-0.4, -0.2) is 40.9 Å². The van der Waals surface area contributed by atoms with Crippen molar-refractivity contribution >= 4 is 0 Å². The van der Waals surface area contributed by atoms with Crippen molar-refractivity contribution in [1.29, 1.82) is 0 Å². The molecular weight excluding hydrogens is 172 g/mol. The van der Waals surface area contributed by atoms with Crippen molar-refractivity contribution in [3.8, 4) is 0 Å². The van der Waals surface area contributed by atoms with E-state index < -0.39 is 18.5 Å². The molecule has 0 unspecified atom stereocenters. The molecule has 78 valence electrons. The Balaban J connectivity index is 2.44. The van der Waals surface area contributed by atoms with Crippen LogP contribution in [0.25, 0.3) is 0 Å². The van der Waals surface area contributed by atoms with Crippen molar-refractivity contribution in [3.05, 3.63) is 0 Å². The van der Waals surface area contributed by atoms with Gasteiger partial charge in [-0.3, -0.25) is 0 Å². The molecule has 1 fully saturated rings. The minimum Gasteiger partial charge on any atom is -0.390 e. The van der Waals surface area contributed by atoms with Crippen molar-refractivity contribution in [3.63, 3.8) is 0 Å². The summed E-state index contributed by atoms with van der Waals surface area (Å²) < 4.78 is 10.7. The van der Waals surface area contributed by atoms with Crippen LogP contribution in [0, 0.1) is 0 Å². The van der Waals surface area contributed by atoms with Gasteiger partial charge >= 0.3 is 0 Å². The van der Waals surface area contributed by atoms with E-state index in [9.17, 15) is 10.2 Å². The molecule has 0 aromatic carbocycles. The van der Waals surface area contributed by atoms with Gasteiger partial charge in [0.25, 0.3) is 0 Å². The van der Waals surface area contributed by atoms with Crippen molar-refractivity contribution in [2.45, 2.75) is 57.9 Å². The fraction of sp³-hybridized carbons (Fsp3) is 1.00. The first kappa shape index (κ1) is 10.9. The molecule has 0 bridgehead atoms. The molecule has 0 spiro atoms. The zero-order chi connectivity index (χ0) is 10.0. The van der Waals surface area contributed by atoms with Crippen LogP contribution < -0.4 is 0 Å². The van der Waals surface area contributed by atoms with E-state index in [0.29, 0.717) is 6.42 Å². The molecule has 1 saturated heterocycles. The van der Waals surface area contributed by atoms with Crippen molar-refractivity contribution < 1.29 is 19.7 Å². The van der Waals surface area contributed by atoms with Gasteiger partial charge in [0.15, 0.2) is 6.29 Å². The minimum absolute atomic E-state index is 0.0691. The standard InChI is InChI=1S/C9H18O4/c1-5(2)12-8-4-7(10)9(11)6(3)13-8/h5-11H,4H2,1-3H3/t6-,7+,8-,9-/m1/s1. The van der Waals surface area contributed by atoms with E-state index in [2.05, 4.69) is 0 Å². The molecule has 0 aromatic heterocycles. The highest BCUT2D eigenvalue weighted by Gasteiger charge is 2.34. The van der Waals surface area contributed by atoms with Crippen molar-refractivity contribution in [2.24, 2.45) is 0 Å². The first-order valence-electron chi connectivity index (χ1n) is 4.67. The summed E-state index contributed by atoms with van der Waals surface area (Å²) in [6.45, 7) is 5.54. The summed E-state index contributed by atoms with van der Waals surface area (Å²) in [5.41, 5.74) is 0. The summed E-state index contributed by atoms with van der Waals surface area (Å²) in [5.74, 6) is 0. The highest BCUT2D eigenvalue weighted by molar-refractivity contribution is 4.79. The zero-order valence-corrected chi connectivity index (χ0v) is 8.30. The average Bonchev–Trinajstić information content (AvgIpc) is 1.98. The lowest BCUT2D eigenvalue weighted by Crippen LogP contribution is -2.48. The Morgan fingerprint density at radius 2 is 2.00 bits per heavy atom. The summed E-state index contributed by atoms with van der Waals surface area (Å²) in [4.78, 5) is 0. The van der Waals surface area contributed by atoms with Gasteiger partial charge in [-0.1, -0.05) is 0 Å². The van der Waals surface area contributed by atoms with Crippen LogP contribution in [0.1, 0.15) is 27.2 Å². The molecule has 0 aromatic rings. The van der Waals surface area contributed by atoms with Gasteiger partial charge in [-0.2, -0.15) is 0 Å². The van der Waals surface area contributed by atoms with E-state index >= 15 is 0 Å². The largest absolute Gasteiger partial charge is 0.390 e. The summed E-state index contributed by atoms with van der Waals surface area (Å²) in [6.07, 6.45) is -1.90. The van der Waals surface area contributed by atoms with Gasteiger partial charge in [0.1, 0.15) is 6.10 Å². The molecule has 0 aliphatic carbocycles. The molecule has 1 aliphatic heterocycles. The lowest BCUT2D eigenvalue weighted by atomic mass is 10.0. The number of ether oxygens (including phenoxy) is 2. The van der Waals surface area contributed by atoms with E-state index in [0.717, 1.165) is 0 Å². The molecule has 4 heteroatoms. The van der Waals surface area contributed by atoms with Crippen LogP contribution in [0.15, 0.2) is 0 Å². The van der Waals surface area contributed by atoms with Crippen LogP contribution in [0.5, 0.6) is 0 Å². The van der Waals surface area contributed by atoms with Crippen LogP contribution in [0.2, 0.25) is 0 Å². The summed E-state index contributed by atoms with van der Waals surface area (Å²) >= 11 is 0.